The zero-order valence-electron chi connectivity index (χ0n) is 12.6. The minimum atomic E-state index is -0.0992. The van der Waals surface area contributed by atoms with Crippen molar-refractivity contribution < 1.29 is 4.79 Å². The van der Waals surface area contributed by atoms with Crippen molar-refractivity contribution in [2.75, 3.05) is 13.1 Å². The molecule has 1 saturated heterocycles. The Balaban J connectivity index is 1.56. The first-order chi connectivity index (χ1) is 10.1. The summed E-state index contributed by atoms with van der Waals surface area (Å²) < 4.78 is 0. The molecule has 4 heteroatoms. The van der Waals surface area contributed by atoms with Crippen LogP contribution in [0.5, 0.6) is 0 Å². The number of hydrogen-bond donors (Lipinski definition) is 1. The molecule has 3 rings (SSSR count). The van der Waals surface area contributed by atoms with Crippen LogP contribution in [0, 0.1) is 0 Å². The maximum absolute atomic E-state index is 12.5. The predicted molar refractivity (Wildman–Crippen MR) is 85.7 cm³/mol. The van der Waals surface area contributed by atoms with E-state index in [0.29, 0.717) is 6.04 Å². The summed E-state index contributed by atoms with van der Waals surface area (Å²) in [6.07, 6.45) is 5.50. The molecule has 2 unspecified atom stereocenters. The SMILES string of the molecule is CC(NC1Cc2ccc(Cl)cc2C1)C(=O)N1CCCCC1. The van der Waals surface area contributed by atoms with Gasteiger partial charge in [0, 0.05) is 24.2 Å². The van der Waals surface area contributed by atoms with Gasteiger partial charge in [-0.1, -0.05) is 17.7 Å². The molecule has 0 saturated carbocycles. The van der Waals surface area contributed by atoms with E-state index in [-0.39, 0.29) is 11.9 Å². The topological polar surface area (TPSA) is 32.3 Å². The fourth-order valence-electron chi connectivity index (χ4n) is 3.52. The van der Waals surface area contributed by atoms with Crippen molar-refractivity contribution >= 4 is 17.5 Å². The maximum atomic E-state index is 12.5. The van der Waals surface area contributed by atoms with Crippen LogP contribution in [0.3, 0.4) is 0 Å². The van der Waals surface area contributed by atoms with Crippen LogP contribution in [0.25, 0.3) is 0 Å². The van der Waals surface area contributed by atoms with Gasteiger partial charge in [0.25, 0.3) is 0 Å². The van der Waals surface area contributed by atoms with Crippen LogP contribution < -0.4 is 5.32 Å². The Kier molecular flexibility index (Phi) is 4.51. The van der Waals surface area contributed by atoms with Gasteiger partial charge >= 0.3 is 0 Å². The molecule has 114 valence electrons. The minimum Gasteiger partial charge on any atom is -0.341 e. The smallest absolute Gasteiger partial charge is 0.239 e. The lowest BCUT2D eigenvalue weighted by atomic mass is 10.1. The van der Waals surface area contributed by atoms with Gasteiger partial charge < -0.3 is 10.2 Å². The van der Waals surface area contributed by atoms with Gasteiger partial charge in [0.15, 0.2) is 0 Å². The number of hydrogen-bond acceptors (Lipinski definition) is 2. The molecule has 1 amide bonds. The number of halogens is 1. The van der Waals surface area contributed by atoms with Crippen molar-refractivity contribution in [2.24, 2.45) is 0 Å². The minimum absolute atomic E-state index is 0.0992. The average Bonchev–Trinajstić information content (AvgIpc) is 2.88. The molecule has 0 spiro atoms. The Morgan fingerprint density at radius 1 is 1.24 bits per heavy atom. The summed E-state index contributed by atoms with van der Waals surface area (Å²) in [5.41, 5.74) is 2.67. The number of carbonyl (C=O) groups is 1. The predicted octanol–water partition coefficient (Wildman–Crippen LogP) is 2.80. The first kappa shape index (κ1) is 14.9. The Bertz CT molecular complexity index is 526. The van der Waals surface area contributed by atoms with Crippen LogP contribution in [0.4, 0.5) is 0 Å². The lowest BCUT2D eigenvalue weighted by Crippen LogP contribution is -2.49. The molecular formula is C17H23ClN2O. The monoisotopic (exact) mass is 306 g/mol. The largest absolute Gasteiger partial charge is 0.341 e. The molecule has 0 bridgehead atoms. The molecule has 21 heavy (non-hydrogen) atoms. The number of fused-ring (bicyclic) bond motifs is 1. The third kappa shape index (κ3) is 3.41. The molecule has 0 radical (unpaired) electrons. The highest BCUT2D eigenvalue weighted by molar-refractivity contribution is 6.30. The number of amides is 1. The van der Waals surface area contributed by atoms with Gasteiger partial charge in [0.05, 0.1) is 6.04 Å². The Morgan fingerprint density at radius 3 is 2.71 bits per heavy atom. The number of likely N-dealkylation sites (tertiary alicyclic amines) is 1. The summed E-state index contributed by atoms with van der Waals surface area (Å²) in [5, 5.41) is 4.31. The van der Waals surface area contributed by atoms with E-state index in [9.17, 15) is 4.79 Å². The molecule has 2 atom stereocenters. The molecule has 1 aliphatic carbocycles. The van der Waals surface area contributed by atoms with E-state index >= 15 is 0 Å². The quantitative estimate of drug-likeness (QED) is 0.931. The maximum Gasteiger partial charge on any atom is 0.239 e. The zero-order chi connectivity index (χ0) is 14.8. The number of nitrogens with one attached hydrogen (secondary N) is 1. The highest BCUT2D eigenvalue weighted by Crippen LogP contribution is 2.25. The summed E-state index contributed by atoms with van der Waals surface area (Å²) in [5.74, 6) is 0.253. The third-order valence-corrected chi connectivity index (χ3v) is 4.86. The van der Waals surface area contributed by atoms with Crippen molar-refractivity contribution in [1.82, 2.24) is 10.2 Å². The van der Waals surface area contributed by atoms with Gasteiger partial charge in [0.2, 0.25) is 5.91 Å². The second kappa shape index (κ2) is 6.37. The van der Waals surface area contributed by atoms with Gasteiger partial charge in [-0.05, 0) is 62.3 Å². The Labute approximate surface area is 131 Å². The highest BCUT2D eigenvalue weighted by Gasteiger charge is 2.27. The summed E-state index contributed by atoms with van der Waals surface area (Å²) in [6, 6.07) is 6.36. The van der Waals surface area contributed by atoms with Gasteiger partial charge in [-0.25, -0.2) is 0 Å². The molecule has 3 nitrogen and oxygen atoms in total. The average molecular weight is 307 g/mol. The summed E-state index contributed by atoms with van der Waals surface area (Å²) in [6.45, 7) is 3.84. The van der Waals surface area contributed by atoms with Crippen LogP contribution in [0.15, 0.2) is 18.2 Å². The van der Waals surface area contributed by atoms with Crippen LogP contribution in [-0.4, -0.2) is 36.0 Å². The fourth-order valence-corrected chi connectivity index (χ4v) is 3.71. The van der Waals surface area contributed by atoms with Gasteiger partial charge in [-0.3, -0.25) is 4.79 Å². The van der Waals surface area contributed by atoms with Gasteiger partial charge in [0.1, 0.15) is 0 Å². The number of nitrogens with zero attached hydrogens (tertiary/aromatic N) is 1. The molecule has 1 aliphatic heterocycles. The standard InChI is InChI=1S/C17H23ClN2O/c1-12(17(21)20-7-3-2-4-8-20)19-16-10-13-5-6-15(18)9-14(13)11-16/h5-6,9,12,16,19H,2-4,7-8,10-11H2,1H3. The van der Waals surface area contributed by atoms with E-state index in [1.807, 2.05) is 17.9 Å². The molecule has 2 aliphatic rings. The van der Waals surface area contributed by atoms with E-state index in [1.54, 1.807) is 0 Å². The van der Waals surface area contributed by atoms with E-state index in [2.05, 4.69) is 17.4 Å². The highest BCUT2D eigenvalue weighted by atomic mass is 35.5. The van der Waals surface area contributed by atoms with Crippen LogP contribution >= 0.6 is 11.6 Å². The molecule has 1 aromatic rings. The van der Waals surface area contributed by atoms with E-state index in [4.69, 9.17) is 11.6 Å². The van der Waals surface area contributed by atoms with Crippen LogP contribution in [0.2, 0.25) is 5.02 Å². The van der Waals surface area contributed by atoms with E-state index in [0.717, 1.165) is 43.8 Å². The second-order valence-corrected chi connectivity index (χ2v) is 6.73. The van der Waals surface area contributed by atoms with Gasteiger partial charge in [-0.2, -0.15) is 0 Å². The first-order valence-electron chi connectivity index (χ1n) is 7.95. The van der Waals surface area contributed by atoms with Gasteiger partial charge in [-0.15, -0.1) is 0 Å². The van der Waals surface area contributed by atoms with Crippen molar-refractivity contribution in [1.29, 1.82) is 0 Å². The van der Waals surface area contributed by atoms with Crippen LogP contribution in [-0.2, 0) is 17.6 Å². The number of piperidine rings is 1. The lowest BCUT2D eigenvalue weighted by Gasteiger charge is -2.30. The molecular weight excluding hydrogens is 284 g/mol. The number of rotatable bonds is 3. The zero-order valence-corrected chi connectivity index (χ0v) is 13.3. The molecule has 1 heterocycles. The fraction of sp³-hybridized carbons (Fsp3) is 0.588. The van der Waals surface area contributed by atoms with Crippen molar-refractivity contribution in [3.05, 3.63) is 34.3 Å². The summed E-state index contributed by atoms with van der Waals surface area (Å²) in [4.78, 5) is 14.5. The molecule has 1 N–H and O–H groups in total. The van der Waals surface area contributed by atoms with Crippen molar-refractivity contribution in [3.8, 4) is 0 Å². The molecule has 0 aromatic heterocycles. The second-order valence-electron chi connectivity index (χ2n) is 6.29. The molecule has 1 aromatic carbocycles. The Hall–Kier alpha value is -1.06. The van der Waals surface area contributed by atoms with Crippen molar-refractivity contribution in [3.63, 3.8) is 0 Å². The van der Waals surface area contributed by atoms with Crippen molar-refractivity contribution in [2.45, 2.75) is 51.1 Å². The third-order valence-electron chi connectivity index (χ3n) is 4.62. The number of benzene rings is 1. The number of carbonyl (C=O) groups excluding carboxylic acids is 1. The van der Waals surface area contributed by atoms with Crippen LogP contribution in [0.1, 0.15) is 37.3 Å². The lowest BCUT2D eigenvalue weighted by molar-refractivity contribution is -0.134. The normalized spacial score (nSPS) is 23.0. The molecule has 1 fully saturated rings. The summed E-state index contributed by atoms with van der Waals surface area (Å²) >= 11 is 6.05. The Morgan fingerprint density at radius 2 is 1.95 bits per heavy atom. The van der Waals surface area contributed by atoms with E-state index in [1.165, 1.54) is 17.5 Å². The first-order valence-corrected chi connectivity index (χ1v) is 8.33. The van der Waals surface area contributed by atoms with E-state index < -0.39 is 0 Å². The summed E-state index contributed by atoms with van der Waals surface area (Å²) in [7, 11) is 0.